The second-order valence-electron chi connectivity index (χ2n) is 6.33. The molecule has 27 heavy (non-hydrogen) atoms. The standard InChI is InChI=1S/C21H21ClN4O/c1-14-6-5-7-16(10-14)12-23-20(27)19-11-15(2)25-21(26-19)24-13-17-8-3-4-9-18(17)22/h3-11H,12-13H2,1-2H3,(H,23,27)(H,24,25,26). The number of halogens is 1. The number of hydrogen-bond acceptors (Lipinski definition) is 4. The lowest BCUT2D eigenvalue weighted by atomic mass is 10.1. The third kappa shape index (κ3) is 5.28. The predicted octanol–water partition coefficient (Wildman–Crippen LogP) is 4.29. The lowest BCUT2D eigenvalue weighted by Crippen LogP contribution is -2.24. The number of aryl methyl sites for hydroxylation is 2. The van der Waals surface area contributed by atoms with Gasteiger partial charge in [0.2, 0.25) is 5.95 Å². The van der Waals surface area contributed by atoms with Gasteiger partial charge in [-0.25, -0.2) is 9.97 Å². The molecule has 138 valence electrons. The molecule has 2 N–H and O–H groups in total. The number of amides is 1. The van der Waals surface area contributed by atoms with Crippen LogP contribution in [0.15, 0.2) is 54.6 Å². The Morgan fingerprint density at radius 1 is 1.00 bits per heavy atom. The molecule has 0 fully saturated rings. The van der Waals surface area contributed by atoms with Crippen molar-refractivity contribution >= 4 is 23.5 Å². The molecule has 1 heterocycles. The van der Waals surface area contributed by atoms with E-state index in [1.54, 1.807) is 6.07 Å². The molecule has 0 aliphatic rings. The maximum atomic E-state index is 12.5. The van der Waals surface area contributed by atoms with Crippen LogP contribution in [-0.4, -0.2) is 15.9 Å². The second kappa shape index (κ2) is 8.64. The van der Waals surface area contributed by atoms with Gasteiger partial charge in [-0.2, -0.15) is 0 Å². The largest absolute Gasteiger partial charge is 0.350 e. The molecule has 0 atom stereocenters. The van der Waals surface area contributed by atoms with E-state index in [0.29, 0.717) is 35.4 Å². The molecule has 1 amide bonds. The third-order valence-corrected chi connectivity index (χ3v) is 4.39. The molecule has 3 aromatic rings. The van der Waals surface area contributed by atoms with Gasteiger partial charge in [0, 0.05) is 23.8 Å². The monoisotopic (exact) mass is 380 g/mol. The minimum absolute atomic E-state index is 0.234. The maximum Gasteiger partial charge on any atom is 0.270 e. The van der Waals surface area contributed by atoms with Crippen LogP contribution in [0.3, 0.4) is 0 Å². The minimum atomic E-state index is -0.234. The number of nitrogens with one attached hydrogen (secondary N) is 2. The van der Waals surface area contributed by atoms with Crippen molar-refractivity contribution in [2.24, 2.45) is 0 Å². The van der Waals surface area contributed by atoms with Crippen LogP contribution in [0.1, 0.15) is 32.9 Å². The molecule has 0 radical (unpaired) electrons. The fourth-order valence-electron chi connectivity index (χ4n) is 2.67. The van der Waals surface area contributed by atoms with Crippen molar-refractivity contribution in [3.63, 3.8) is 0 Å². The first kappa shape index (κ1) is 18.9. The van der Waals surface area contributed by atoms with Crippen LogP contribution >= 0.6 is 11.6 Å². The molecule has 6 heteroatoms. The van der Waals surface area contributed by atoms with Crippen molar-refractivity contribution in [2.45, 2.75) is 26.9 Å². The second-order valence-corrected chi connectivity index (χ2v) is 6.74. The Morgan fingerprint density at radius 3 is 2.59 bits per heavy atom. The molecule has 0 aliphatic heterocycles. The van der Waals surface area contributed by atoms with E-state index in [0.717, 1.165) is 16.7 Å². The Kier molecular flexibility index (Phi) is 6.04. The van der Waals surface area contributed by atoms with Crippen LogP contribution in [0, 0.1) is 13.8 Å². The van der Waals surface area contributed by atoms with Gasteiger partial charge in [0.25, 0.3) is 5.91 Å². The normalized spacial score (nSPS) is 10.5. The highest BCUT2D eigenvalue weighted by atomic mass is 35.5. The van der Waals surface area contributed by atoms with Crippen LogP contribution in [0.25, 0.3) is 0 Å². The van der Waals surface area contributed by atoms with E-state index in [2.05, 4.69) is 20.6 Å². The highest BCUT2D eigenvalue weighted by Gasteiger charge is 2.11. The summed E-state index contributed by atoms with van der Waals surface area (Å²) in [4.78, 5) is 21.2. The molecule has 1 aromatic heterocycles. The zero-order valence-corrected chi connectivity index (χ0v) is 16.0. The number of carbonyl (C=O) groups excluding carboxylic acids is 1. The summed E-state index contributed by atoms with van der Waals surface area (Å²) in [6, 6.07) is 17.3. The molecule has 0 unspecified atom stereocenters. The molecular formula is C21H21ClN4O. The van der Waals surface area contributed by atoms with Gasteiger partial charge in [0.05, 0.1) is 0 Å². The van der Waals surface area contributed by atoms with E-state index in [-0.39, 0.29) is 5.91 Å². The lowest BCUT2D eigenvalue weighted by Gasteiger charge is -2.10. The summed E-state index contributed by atoms with van der Waals surface area (Å²) in [6.45, 7) is 4.79. The van der Waals surface area contributed by atoms with E-state index in [1.807, 2.05) is 62.4 Å². The van der Waals surface area contributed by atoms with Crippen molar-refractivity contribution < 1.29 is 4.79 Å². The predicted molar refractivity (Wildman–Crippen MR) is 108 cm³/mol. The highest BCUT2D eigenvalue weighted by molar-refractivity contribution is 6.31. The van der Waals surface area contributed by atoms with Crippen LogP contribution in [0.4, 0.5) is 5.95 Å². The Balaban J connectivity index is 1.67. The van der Waals surface area contributed by atoms with Crippen LogP contribution in [-0.2, 0) is 13.1 Å². The molecule has 5 nitrogen and oxygen atoms in total. The third-order valence-electron chi connectivity index (χ3n) is 4.02. The number of hydrogen-bond donors (Lipinski definition) is 2. The first-order valence-corrected chi connectivity index (χ1v) is 9.06. The quantitative estimate of drug-likeness (QED) is 0.669. The fourth-order valence-corrected chi connectivity index (χ4v) is 2.88. The smallest absolute Gasteiger partial charge is 0.270 e. The van der Waals surface area contributed by atoms with Crippen molar-refractivity contribution in [3.05, 3.63) is 87.7 Å². The van der Waals surface area contributed by atoms with Gasteiger partial charge >= 0.3 is 0 Å². The van der Waals surface area contributed by atoms with Crippen molar-refractivity contribution in [1.82, 2.24) is 15.3 Å². The van der Waals surface area contributed by atoms with Gasteiger partial charge < -0.3 is 10.6 Å². The molecule has 0 saturated heterocycles. The first-order valence-electron chi connectivity index (χ1n) is 8.68. The molecule has 0 bridgehead atoms. The summed E-state index contributed by atoms with van der Waals surface area (Å²) < 4.78 is 0. The molecule has 0 saturated carbocycles. The van der Waals surface area contributed by atoms with Gasteiger partial charge in [0.15, 0.2) is 0 Å². The highest BCUT2D eigenvalue weighted by Crippen LogP contribution is 2.16. The number of aromatic nitrogens is 2. The number of rotatable bonds is 6. The van der Waals surface area contributed by atoms with E-state index in [1.165, 1.54) is 0 Å². The summed E-state index contributed by atoms with van der Waals surface area (Å²) in [5.41, 5.74) is 4.19. The van der Waals surface area contributed by atoms with Gasteiger partial charge in [-0.05, 0) is 37.1 Å². The molecule has 3 rings (SSSR count). The zero-order chi connectivity index (χ0) is 19.2. The average molecular weight is 381 g/mol. The van der Waals surface area contributed by atoms with Crippen LogP contribution in [0.5, 0.6) is 0 Å². The Hall–Kier alpha value is -2.92. The van der Waals surface area contributed by atoms with Gasteiger partial charge in [-0.1, -0.05) is 59.6 Å². The average Bonchev–Trinajstić information content (AvgIpc) is 2.65. The Morgan fingerprint density at radius 2 is 1.81 bits per heavy atom. The van der Waals surface area contributed by atoms with Crippen molar-refractivity contribution in [2.75, 3.05) is 5.32 Å². The summed E-state index contributed by atoms with van der Waals surface area (Å²) in [5, 5.41) is 6.71. The number of benzene rings is 2. The minimum Gasteiger partial charge on any atom is -0.350 e. The molecular weight excluding hydrogens is 360 g/mol. The molecule has 0 aliphatic carbocycles. The van der Waals surface area contributed by atoms with Gasteiger partial charge in [0.1, 0.15) is 5.69 Å². The topological polar surface area (TPSA) is 66.9 Å². The summed E-state index contributed by atoms with van der Waals surface area (Å²) in [6.07, 6.45) is 0. The lowest BCUT2D eigenvalue weighted by molar-refractivity contribution is 0.0945. The van der Waals surface area contributed by atoms with E-state index >= 15 is 0 Å². The fraction of sp³-hybridized carbons (Fsp3) is 0.190. The van der Waals surface area contributed by atoms with E-state index < -0.39 is 0 Å². The Labute approximate surface area is 163 Å². The summed E-state index contributed by atoms with van der Waals surface area (Å²) in [7, 11) is 0. The first-order chi connectivity index (χ1) is 13.0. The molecule has 0 spiro atoms. The SMILES string of the molecule is Cc1cccc(CNC(=O)c2cc(C)nc(NCc3ccccc3Cl)n2)c1. The summed E-state index contributed by atoms with van der Waals surface area (Å²) in [5.74, 6) is 0.165. The van der Waals surface area contributed by atoms with Crippen LogP contribution < -0.4 is 10.6 Å². The van der Waals surface area contributed by atoms with Crippen molar-refractivity contribution in [3.8, 4) is 0 Å². The number of carbonyl (C=O) groups is 1. The summed E-state index contributed by atoms with van der Waals surface area (Å²) >= 11 is 6.17. The molecule has 2 aromatic carbocycles. The van der Waals surface area contributed by atoms with E-state index in [9.17, 15) is 4.79 Å². The Bertz CT molecular complexity index is 958. The van der Waals surface area contributed by atoms with Gasteiger partial charge in [-0.3, -0.25) is 4.79 Å². The van der Waals surface area contributed by atoms with Gasteiger partial charge in [-0.15, -0.1) is 0 Å². The zero-order valence-electron chi connectivity index (χ0n) is 15.3. The van der Waals surface area contributed by atoms with Crippen molar-refractivity contribution in [1.29, 1.82) is 0 Å². The number of nitrogens with zero attached hydrogens (tertiary/aromatic N) is 2. The van der Waals surface area contributed by atoms with Crippen LogP contribution in [0.2, 0.25) is 5.02 Å². The maximum absolute atomic E-state index is 12.5. The van der Waals surface area contributed by atoms with E-state index in [4.69, 9.17) is 11.6 Å². The number of anilines is 1.